The average molecular weight is 357 g/mol. The van der Waals surface area contributed by atoms with E-state index in [1.165, 1.54) is 47.8 Å². The van der Waals surface area contributed by atoms with Crippen LogP contribution < -0.4 is 5.32 Å². The lowest BCUT2D eigenvalue weighted by molar-refractivity contribution is 0.322. The zero-order valence-electron chi connectivity index (χ0n) is 11.5. The molecule has 1 aromatic rings. The second kappa shape index (κ2) is 6.38. The zero-order chi connectivity index (χ0) is 13.0. The van der Waals surface area contributed by atoms with Gasteiger partial charge < -0.3 is 5.32 Å². The van der Waals surface area contributed by atoms with Gasteiger partial charge in [0.25, 0.3) is 0 Å². The highest BCUT2D eigenvalue weighted by Crippen LogP contribution is 2.40. The molecule has 0 amide bonds. The van der Waals surface area contributed by atoms with Gasteiger partial charge in [-0.2, -0.15) is 0 Å². The fourth-order valence-corrected chi connectivity index (χ4v) is 3.46. The van der Waals surface area contributed by atoms with Gasteiger partial charge in [-0.1, -0.05) is 26.0 Å². The molecule has 0 saturated heterocycles. The van der Waals surface area contributed by atoms with Crippen LogP contribution in [0.5, 0.6) is 0 Å². The maximum atomic E-state index is 3.68. The molecule has 1 aliphatic carbocycles. The minimum atomic E-state index is 0.498. The van der Waals surface area contributed by atoms with E-state index in [1.54, 1.807) is 0 Å². The second-order valence-corrected chi connectivity index (χ2v) is 7.25. The molecule has 2 atom stereocenters. The van der Waals surface area contributed by atoms with Crippen LogP contribution in [0, 0.1) is 8.99 Å². The summed E-state index contributed by atoms with van der Waals surface area (Å²) in [6.07, 6.45) is 6.51. The van der Waals surface area contributed by atoms with Crippen molar-refractivity contribution in [1.29, 1.82) is 0 Å². The Morgan fingerprint density at radius 3 is 2.72 bits per heavy atom. The molecule has 2 heteroatoms. The van der Waals surface area contributed by atoms with E-state index in [0.29, 0.717) is 5.41 Å². The van der Waals surface area contributed by atoms with Crippen molar-refractivity contribution in [2.75, 3.05) is 6.54 Å². The molecule has 1 N–H and O–H groups in total. The third kappa shape index (κ3) is 3.95. The molecule has 1 aliphatic rings. The molecule has 100 valence electrons. The number of hydrogen-bond donors (Lipinski definition) is 1. The lowest BCUT2D eigenvalue weighted by atomic mass is 9.82. The van der Waals surface area contributed by atoms with Crippen LogP contribution in [0.25, 0.3) is 0 Å². The number of nitrogens with one attached hydrogen (secondary N) is 1. The monoisotopic (exact) mass is 357 g/mol. The van der Waals surface area contributed by atoms with Gasteiger partial charge in [0.15, 0.2) is 0 Å². The standard InChI is InChI=1S/C16H24IN/c1-3-10-18-15-8-9-16(2,12-15)11-13-4-6-14(17)7-5-13/h4-7,15,18H,3,8-12H2,1-2H3. The van der Waals surface area contributed by atoms with E-state index >= 15 is 0 Å². The molecular formula is C16H24IN. The molecular weight excluding hydrogens is 333 g/mol. The Labute approximate surface area is 125 Å². The molecule has 0 spiro atoms. The quantitative estimate of drug-likeness (QED) is 0.771. The summed E-state index contributed by atoms with van der Waals surface area (Å²) in [5, 5.41) is 3.68. The van der Waals surface area contributed by atoms with E-state index in [2.05, 4.69) is 66.0 Å². The van der Waals surface area contributed by atoms with Gasteiger partial charge in [-0.15, -0.1) is 0 Å². The molecule has 1 fully saturated rings. The Morgan fingerprint density at radius 2 is 2.06 bits per heavy atom. The normalized spacial score (nSPS) is 27.6. The van der Waals surface area contributed by atoms with Crippen LogP contribution in [0.15, 0.2) is 24.3 Å². The van der Waals surface area contributed by atoms with E-state index in [4.69, 9.17) is 0 Å². The van der Waals surface area contributed by atoms with Gasteiger partial charge in [0.05, 0.1) is 0 Å². The predicted octanol–water partition coefficient (Wildman–Crippen LogP) is 4.39. The van der Waals surface area contributed by atoms with Crippen LogP contribution in [0.4, 0.5) is 0 Å². The zero-order valence-corrected chi connectivity index (χ0v) is 13.7. The number of hydrogen-bond acceptors (Lipinski definition) is 1. The molecule has 0 aliphatic heterocycles. The van der Waals surface area contributed by atoms with Gasteiger partial charge in [0.1, 0.15) is 0 Å². The molecule has 18 heavy (non-hydrogen) atoms. The largest absolute Gasteiger partial charge is 0.314 e. The van der Waals surface area contributed by atoms with Gasteiger partial charge in [-0.3, -0.25) is 0 Å². The number of benzene rings is 1. The Bertz CT molecular complexity index is 373. The summed E-state index contributed by atoms with van der Waals surface area (Å²) < 4.78 is 1.33. The van der Waals surface area contributed by atoms with E-state index in [0.717, 1.165) is 6.04 Å². The Balaban J connectivity index is 1.91. The minimum absolute atomic E-state index is 0.498. The molecule has 1 aromatic carbocycles. The summed E-state index contributed by atoms with van der Waals surface area (Å²) >= 11 is 2.37. The molecule has 0 bridgehead atoms. The first-order valence-corrected chi connectivity index (χ1v) is 8.17. The highest BCUT2D eigenvalue weighted by atomic mass is 127. The Kier molecular flexibility index (Phi) is 5.07. The lowest BCUT2D eigenvalue weighted by Gasteiger charge is -2.24. The maximum Gasteiger partial charge on any atom is 0.0130 e. The summed E-state index contributed by atoms with van der Waals surface area (Å²) in [6, 6.07) is 9.78. The van der Waals surface area contributed by atoms with Crippen LogP contribution >= 0.6 is 22.6 Å². The van der Waals surface area contributed by atoms with Crippen LogP contribution in [0.2, 0.25) is 0 Å². The molecule has 0 radical (unpaired) electrons. The van der Waals surface area contributed by atoms with Gasteiger partial charge >= 0.3 is 0 Å². The lowest BCUT2D eigenvalue weighted by Crippen LogP contribution is -2.28. The van der Waals surface area contributed by atoms with Crippen molar-refractivity contribution in [3.63, 3.8) is 0 Å². The van der Waals surface area contributed by atoms with Gasteiger partial charge in [-0.05, 0) is 84.4 Å². The van der Waals surface area contributed by atoms with E-state index in [-0.39, 0.29) is 0 Å². The van der Waals surface area contributed by atoms with Crippen molar-refractivity contribution in [2.24, 2.45) is 5.41 Å². The van der Waals surface area contributed by atoms with Crippen LogP contribution in [-0.4, -0.2) is 12.6 Å². The summed E-state index contributed by atoms with van der Waals surface area (Å²) in [5.74, 6) is 0. The summed E-state index contributed by atoms with van der Waals surface area (Å²) in [6.45, 7) is 5.87. The Morgan fingerprint density at radius 1 is 1.33 bits per heavy atom. The second-order valence-electron chi connectivity index (χ2n) is 6.01. The number of rotatable bonds is 5. The van der Waals surface area contributed by atoms with Crippen molar-refractivity contribution in [2.45, 2.75) is 52.0 Å². The number of halogens is 1. The SMILES string of the molecule is CCCNC1CCC(C)(Cc2ccc(I)cc2)C1. The molecule has 1 nitrogen and oxygen atoms in total. The molecule has 2 rings (SSSR count). The first-order chi connectivity index (χ1) is 8.61. The highest BCUT2D eigenvalue weighted by Gasteiger charge is 2.34. The summed E-state index contributed by atoms with van der Waals surface area (Å²) in [5.41, 5.74) is 1.99. The fraction of sp³-hybridized carbons (Fsp3) is 0.625. The van der Waals surface area contributed by atoms with E-state index in [9.17, 15) is 0 Å². The molecule has 1 saturated carbocycles. The third-order valence-corrected chi connectivity index (χ3v) is 4.78. The molecule has 0 aromatic heterocycles. The first-order valence-electron chi connectivity index (χ1n) is 7.09. The smallest absolute Gasteiger partial charge is 0.0130 e. The van der Waals surface area contributed by atoms with E-state index in [1.807, 2.05) is 0 Å². The van der Waals surface area contributed by atoms with Crippen molar-refractivity contribution in [3.8, 4) is 0 Å². The van der Waals surface area contributed by atoms with Crippen molar-refractivity contribution in [3.05, 3.63) is 33.4 Å². The maximum absolute atomic E-state index is 3.68. The van der Waals surface area contributed by atoms with E-state index < -0.39 is 0 Å². The minimum Gasteiger partial charge on any atom is -0.314 e. The van der Waals surface area contributed by atoms with Gasteiger partial charge in [0, 0.05) is 9.61 Å². The van der Waals surface area contributed by atoms with Crippen molar-refractivity contribution >= 4 is 22.6 Å². The highest BCUT2D eigenvalue weighted by molar-refractivity contribution is 14.1. The third-order valence-electron chi connectivity index (χ3n) is 4.06. The van der Waals surface area contributed by atoms with Crippen molar-refractivity contribution in [1.82, 2.24) is 5.32 Å². The Hall–Kier alpha value is -0.0900. The topological polar surface area (TPSA) is 12.0 Å². The van der Waals surface area contributed by atoms with Gasteiger partial charge in [-0.25, -0.2) is 0 Å². The van der Waals surface area contributed by atoms with Crippen LogP contribution in [0.1, 0.15) is 45.1 Å². The molecule has 0 heterocycles. The predicted molar refractivity (Wildman–Crippen MR) is 86.9 cm³/mol. The van der Waals surface area contributed by atoms with Crippen LogP contribution in [-0.2, 0) is 6.42 Å². The molecule has 2 unspecified atom stereocenters. The van der Waals surface area contributed by atoms with Crippen LogP contribution in [0.3, 0.4) is 0 Å². The first kappa shape index (κ1) is 14.3. The average Bonchev–Trinajstić information content (AvgIpc) is 2.71. The fourth-order valence-electron chi connectivity index (χ4n) is 3.10. The van der Waals surface area contributed by atoms with Crippen molar-refractivity contribution < 1.29 is 0 Å². The van der Waals surface area contributed by atoms with Gasteiger partial charge in [0.2, 0.25) is 0 Å². The summed E-state index contributed by atoms with van der Waals surface area (Å²) in [7, 11) is 0. The summed E-state index contributed by atoms with van der Waals surface area (Å²) in [4.78, 5) is 0.